The number of nitriles is 1. The minimum atomic E-state index is -3.50. The van der Waals surface area contributed by atoms with Crippen LogP contribution in [0.3, 0.4) is 0 Å². The molecule has 2 N–H and O–H groups in total. The van der Waals surface area contributed by atoms with Crippen molar-refractivity contribution in [3.63, 3.8) is 0 Å². The second kappa shape index (κ2) is 7.24. The van der Waals surface area contributed by atoms with Gasteiger partial charge >= 0.3 is 0 Å². The first-order valence-corrected chi connectivity index (χ1v) is 7.70. The van der Waals surface area contributed by atoms with Crippen molar-refractivity contribution < 1.29 is 8.42 Å². The fourth-order valence-corrected chi connectivity index (χ4v) is 2.93. The Morgan fingerprint density at radius 1 is 1.26 bits per heavy atom. The first kappa shape index (κ1) is 15.6. The van der Waals surface area contributed by atoms with Crippen LogP contribution < -0.4 is 10.0 Å². The molecule has 0 aliphatic rings. The zero-order chi connectivity index (χ0) is 14.3. The predicted octanol–water partition coefficient (Wildman–Crippen LogP) is 1.14. The Morgan fingerprint density at radius 2 is 2.00 bits per heavy atom. The molecule has 19 heavy (non-hydrogen) atoms. The van der Waals surface area contributed by atoms with Crippen LogP contribution in [0.5, 0.6) is 0 Å². The molecule has 0 atom stereocenters. The number of hydrogen-bond acceptors (Lipinski definition) is 4. The average Bonchev–Trinajstić information content (AvgIpc) is 2.37. The fraction of sp³-hybridized carbons (Fsp3) is 0.462. The number of nitrogens with one attached hydrogen (secondary N) is 2. The van der Waals surface area contributed by atoms with Crippen LogP contribution >= 0.6 is 0 Å². The van der Waals surface area contributed by atoms with Crippen LogP contribution in [0.4, 0.5) is 0 Å². The van der Waals surface area contributed by atoms with Crippen LogP contribution in [0.2, 0.25) is 0 Å². The van der Waals surface area contributed by atoms with Crippen molar-refractivity contribution in [2.75, 3.05) is 19.6 Å². The molecular formula is C13H19N3O2S. The molecule has 0 aliphatic heterocycles. The standard InChI is InChI=1S/C13H19N3O2S/c1-3-6-15-7-8-16-19(17,18)13-5-4-12(10-14)9-11(13)2/h4-5,9,15-16H,3,6-8H2,1-2H3. The molecule has 1 aromatic carbocycles. The van der Waals surface area contributed by atoms with Crippen molar-refractivity contribution in [3.8, 4) is 6.07 Å². The highest BCUT2D eigenvalue weighted by atomic mass is 32.2. The van der Waals surface area contributed by atoms with Crippen LogP contribution in [0, 0.1) is 18.3 Å². The average molecular weight is 281 g/mol. The summed E-state index contributed by atoms with van der Waals surface area (Å²) in [4.78, 5) is 0.224. The van der Waals surface area contributed by atoms with E-state index < -0.39 is 10.0 Å². The Kier molecular flexibility index (Phi) is 5.96. The van der Waals surface area contributed by atoms with Gasteiger partial charge in [0.25, 0.3) is 0 Å². The Bertz CT molecular complexity index is 562. The summed E-state index contributed by atoms with van der Waals surface area (Å²) in [7, 11) is -3.50. The molecule has 0 fully saturated rings. The Morgan fingerprint density at radius 3 is 2.58 bits per heavy atom. The molecule has 0 radical (unpaired) electrons. The van der Waals surface area contributed by atoms with Crippen LogP contribution in [0.25, 0.3) is 0 Å². The molecule has 104 valence electrons. The summed E-state index contributed by atoms with van der Waals surface area (Å²) >= 11 is 0. The molecule has 1 rings (SSSR count). The number of rotatable bonds is 7. The Balaban J connectivity index is 2.70. The summed E-state index contributed by atoms with van der Waals surface area (Å²) < 4.78 is 26.7. The van der Waals surface area contributed by atoms with E-state index in [9.17, 15) is 8.42 Å². The number of nitrogens with zero attached hydrogens (tertiary/aromatic N) is 1. The molecular weight excluding hydrogens is 262 g/mol. The van der Waals surface area contributed by atoms with E-state index in [1.54, 1.807) is 13.0 Å². The lowest BCUT2D eigenvalue weighted by atomic mass is 10.2. The monoisotopic (exact) mass is 281 g/mol. The molecule has 0 saturated heterocycles. The molecule has 0 aromatic heterocycles. The van der Waals surface area contributed by atoms with Crippen LogP contribution in [-0.4, -0.2) is 28.1 Å². The summed E-state index contributed by atoms with van der Waals surface area (Å²) in [6.45, 7) is 5.56. The molecule has 5 nitrogen and oxygen atoms in total. The third-order valence-electron chi connectivity index (χ3n) is 2.61. The van der Waals surface area contributed by atoms with E-state index >= 15 is 0 Å². The van der Waals surface area contributed by atoms with Gasteiger partial charge in [0, 0.05) is 13.1 Å². The van der Waals surface area contributed by atoms with E-state index in [4.69, 9.17) is 5.26 Å². The summed E-state index contributed by atoms with van der Waals surface area (Å²) in [5.41, 5.74) is 1.04. The van der Waals surface area contributed by atoms with Crippen molar-refractivity contribution in [1.29, 1.82) is 5.26 Å². The topological polar surface area (TPSA) is 82.0 Å². The van der Waals surface area contributed by atoms with Gasteiger partial charge in [0.2, 0.25) is 10.0 Å². The Hall–Kier alpha value is -1.42. The van der Waals surface area contributed by atoms with Crippen LogP contribution in [0.1, 0.15) is 24.5 Å². The SMILES string of the molecule is CCCNCCNS(=O)(=O)c1ccc(C#N)cc1C. The lowest BCUT2D eigenvalue weighted by molar-refractivity contribution is 0.575. The van der Waals surface area contributed by atoms with Crippen molar-refractivity contribution in [1.82, 2.24) is 10.0 Å². The van der Waals surface area contributed by atoms with Crippen molar-refractivity contribution >= 4 is 10.0 Å². The molecule has 0 aliphatic carbocycles. The van der Waals surface area contributed by atoms with E-state index in [1.807, 2.05) is 6.07 Å². The van der Waals surface area contributed by atoms with Gasteiger partial charge in [-0.3, -0.25) is 0 Å². The van der Waals surface area contributed by atoms with Gasteiger partial charge in [0.1, 0.15) is 0 Å². The van der Waals surface area contributed by atoms with Gasteiger partial charge in [-0.2, -0.15) is 5.26 Å². The molecule has 0 bridgehead atoms. The minimum absolute atomic E-state index is 0.224. The molecule has 0 unspecified atom stereocenters. The zero-order valence-electron chi connectivity index (χ0n) is 11.2. The number of hydrogen-bond donors (Lipinski definition) is 2. The normalized spacial score (nSPS) is 11.2. The van der Waals surface area contributed by atoms with Crippen molar-refractivity contribution in [2.45, 2.75) is 25.2 Å². The van der Waals surface area contributed by atoms with Crippen LogP contribution in [-0.2, 0) is 10.0 Å². The van der Waals surface area contributed by atoms with Gasteiger partial charge in [-0.15, -0.1) is 0 Å². The summed E-state index contributed by atoms with van der Waals surface area (Å²) in [5, 5.41) is 11.9. The molecule has 0 amide bonds. The van der Waals surface area contributed by atoms with Gasteiger partial charge in [-0.25, -0.2) is 13.1 Å². The van der Waals surface area contributed by atoms with Crippen molar-refractivity contribution in [3.05, 3.63) is 29.3 Å². The molecule has 1 aromatic rings. The van der Waals surface area contributed by atoms with E-state index in [-0.39, 0.29) is 4.90 Å². The third-order valence-corrected chi connectivity index (χ3v) is 4.24. The van der Waals surface area contributed by atoms with E-state index in [0.717, 1.165) is 13.0 Å². The molecule has 6 heteroatoms. The quantitative estimate of drug-likeness (QED) is 0.734. The highest BCUT2D eigenvalue weighted by Gasteiger charge is 2.16. The van der Waals surface area contributed by atoms with Gasteiger partial charge in [0.05, 0.1) is 16.5 Å². The minimum Gasteiger partial charge on any atom is -0.315 e. The summed E-state index contributed by atoms with van der Waals surface area (Å²) in [5.74, 6) is 0. The zero-order valence-corrected chi connectivity index (χ0v) is 12.0. The highest BCUT2D eigenvalue weighted by Crippen LogP contribution is 2.15. The van der Waals surface area contributed by atoms with Gasteiger partial charge in [-0.05, 0) is 43.7 Å². The third kappa shape index (κ3) is 4.63. The van der Waals surface area contributed by atoms with E-state index in [2.05, 4.69) is 17.0 Å². The van der Waals surface area contributed by atoms with Gasteiger partial charge in [0.15, 0.2) is 0 Å². The Labute approximate surface area is 114 Å². The predicted molar refractivity (Wildman–Crippen MR) is 74.2 cm³/mol. The first-order chi connectivity index (χ1) is 9.01. The lowest BCUT2D eigenvalue weighted by Crippen LogP contribution is -2.32. The molecule has 0 heterocycles. The van der Waals surface area contributed by atoms with Gasteiger partial charge < -0.3 is 5.32 Å². The molecule has 0 spiro atoms. The number of sulfonamides is 1. The maximum absolute atomic E-state index is 12.1. The van der Waals surface area contributed by atoms with Gasteiger partial charge in [-0.1, -0.05) is 6.92 Å². The smallest absolute Gasteiger partial charge is 0.240 e. The van der Waals surface area contributed by atoms with E-state index in [0.29, 0.717) is 24.2 Å². The number of aryl methyl sites for hydroxylation is 1. The lowest BCUT2D eigenvalue weighted by Gasteiger charge is -2.09. The summed E-state index contributed by atoms with van der Waals surface area (Å²) in [6, 6.07) is 6.54. The van der Waals surface area contributed by atoms with Crippen LogP contribution in [0.15, 0.2) is 23.1 Å². The largest absolute Gasteiger partial charge is 0.315 e. The second-order valence-corrected chi connectivity index (χ2v) is 5.98. The summed E-state index contributed by atoms with van der Waals surface area (Å²) in [6.07, 6.45) is 1.02. The van der Waals surface area contributed by atoms with E-state index in [1.165, 1.54) is 12.1 Å². The second-order valence-electron chi connectivity index (χ2n) is 4.24. The van der Waals surface area contributed by atoms with Crippen molar-refractivity contribution in [2.24, 2.45) is 0 Å². The molecule has 0 saturated carbocycles. The number of benzene rings is 1. The first-order valence-electron chi connectivity index (χ1n) is 6.22. The maximum atomic E-state index is 12.1. The maximum Gasteiger partial charge on any atom is 0.240 e. The fourth-order valence-electron chi connectivity index (χ4n) is 1.67. The highest BCUT2D eigenvalue weighted by molar-refractivity contribution is 7.89.